The first-order chi connectivity index (χ1) is 8.95. The fraction of sp³-hybridized carbons (Fsp3) is 0.571. The van der Waals surface area contributed by atoms with Crippen LogP contribution < -0.4 is 10.5 Å². The molecule has 0 amide bonds. The first kappa shape index (κ1) is 15.3. The molecule has 1 aromatic rings. The van der Waals surface area contributed by atoms with Crippen LogP contribution in [0.3, 0.4) is 0 Å². The van der Waals surface area contributed by atoms with Crippen LogP contribution in [0.1, 0.15) is 33.3 Å². The molecule has 19 heavy (non-hydrogen) atoms. The number of nitrogen functional groups attached to an aromatic ring is 1. The highest BCUT2D eigenvalue weighted by atomic mass is 16.5. The first-order valence-corrected chi connectivity index (χ1v) is 6.49. The minimum atomic E-state index is 0.351. The molecule has 0 saturated heterocycles. The highest BCUT2D eigenvalue weighted by molar-refractivity contribution is 5.48. The molecule has 0 aliphatic rings. The number of hydrogen-bond donors (Lipinski definition) is 1. The van der Waals surface area contributed by atoms with Crippen molar-refractivity contribution < 1.29 is 4.74 Å². The summed E-state index contributed by atoms with van der Waals surface area (Å²) >= 11 is 0. The molecule has 1 aromatic heterocycles. The number of nitriles is 1. The van der Waals surface area contributed by atoms with Crippen LogP contribution in [0.15, 0.2) is 12.3 Å². The maximum absolute atomic E-state index is 8.99. The highest BCUT2D eigenvalue weighted by Crippen LogP contribution is 2.16. The molecule has 0 spiro atoms. The lowest BCUT2D eigenvalue weighted by molar-refractivity contribution is 0.140. The summed E-state index contributed by atoms with van der Waals surface area (Å²) in [7, 11) is 0. The van der Waals surface area contributed by atoms with Gasteiger partial charge in [-0.1, -0.05) is 0 Å². The van der Waals surface area contributed by atoms with Crippen molar-refractivity contribution in [1.82, 2.24) is 9.88 Å². The van der Waals surface area contributed by atoms with E-state index in [1.54, 1.807) is 6.07 Å². The standard InChI is InChI=1S/C14H22N4O/c1-10(2)18(11(3)4)5-6-19-14-12(8-15)7-13(16)9-17-14/h7,9-11H,5-6,16H2,1-4H3. The third-order valence-electron chi connectivity index (χ3n) is 2.91. The van der Waals surface area contributed by atoms with Crippen molar-refractivity contribution in [3.63, 3.8) is 0 Å². The van der Waals surface area contributed by atoms with Gasteiger partial charge in [0.2, 0.25) is 5.88 Å². The molecule has 5 nitrogen and oxygen atoms in total. The van der Waals surface area contributed by atoms with Crippen LogP contribution >= 0.6 is 0 Å². The Hall–Kier alpha value is -1.80. The molecule has 0 aromatic carbocycles. The lowest BCUT2D eigenvalue weighted by Gasteiger charge is -2.30. The Morgan fingerprint density at radius 2 is 2.00 bits per heavy atom. The van der Waals surface area contributed by atoms with Crippen molar-refractivity contribution in [3.05, 3.63) is 17.8 Å². The van der Waals surface area contributed by atoms with Crippen molar-refractivity contribution in [3.8, 4) is 11.9 Å². The van der Waals surface area contributed by atoms with Crippen molar-refractivity contribution in [2.75, 3.05) is 18.9 Å². The summed E-state index contributed by atoms with van der Waals surface area (Å²) in [4.78, 5) is 6.37. The molecule has 0 unspecified atom stereocenters. The number of aromatic nitrogens is 1. The molecule has 0 aliphatic carbocycles. The van der Waals surface area contributed by atoms with Gasteiger partial charge in [0, 0.05) is 18.6 Å². The smallest absolute Gasteiger partial charge is 0.231 e. The minimum absolute atomic E-state index is 0.351. The summed E-state index contributed by atoms with van der Waals surface area (Å²) in [6.45, 7) is 9.92. The Morgan fingerprint density at radius 3 is 2.53 bits per heavy atom. The minimum Gasteiger partial charge on any atom is -0.475 e. The van der Waals surface area contributed by atoms with Gasteiger partial charge in [0.1, 0.15) is 18.2 Å². The van der Waals surface area contributed by atoms with Crippen LogP contribution in [-0.4, -0.2) is 35.1 Å². The predicted octanol–water partition coefficient (Wildman–Crippen LogP) is 2.03. The Bertz CT molecular complexity index is 443. The van der Waals surface area contributed by atoms with E-state index in [-0.39, 0.29) is 0 Å². The van der Waals surface area contributed by atoms with Gasteiger partial charge in [-0.2, -0.15) is 5.26 Å². The zero-order valence-corrected chi connectivity index (χ0v) is 12.1. The van der Waals surface area contributed by atoms with Crippen molar-refractivity contribution in [1.29, 1.82) is 5.26 Å². The van der Waals surface area contributed by atoms with E-state index in [2.05, 4.69) is 37.6 Å². The molecule has 2 N–H and O–H groups in total. The van der Waals surface area contributed by atoms with Crippen molar-refractivity contribution in [2.45, 2.75) is 39.8 Å². The van der Waals surface area contributed by atoms with Gasteiger partial charge in [-0.05, 0) is 33.8 Å². The second kappa shape index (κ2) is 6.95. The van der Waals surface area contributed by atoms with Gasteiger partial charge < -0.3 is 10.5 Å². The summed E-state index contributed by atoms with van der Waals surface area (Å²) in [5.74, 6) is 0.351. The number of anilines is 1. The molecule has 0 radical (unpaired) electrons. The Kier molecular flexibility index (Phi) is 5.58. The molecule has 0 aliphatic heterocycles. The summed E-state index contributed by atoms with van der Waals surface area (Å²) < 4.78 is 5.58. The van der Waals surface area contributed by atoms with Gasteiger partial charge in [0.05, 0.1) is 11.9 Å². The normalized spacial score (nSPS) is 11.1. The number of hydrogen-bond acceptors (Lipinski definition) is 5. The SMILES string of the molecule is CC(C)N(CCOc1ncc(N)cc1C#N)C(C)C. The van der Waals surface area contributed by atoms with E-state index in [9.17, 15) is 0 Å². The highest BCUT2D eigenvalue weighted by Gasteiger charge is 2.13. The van der Waals surface area contributed by atoms with Gasteiger partial charge >= 0.3 is 0 Å². The second-order valence-corrected chi connectivity index (χ2v) is 5.01. The number of nitrogens with zero attached hydrogens (tertiary/aromatic N) is 3. The molecular formula is C14H22N4O. The van der Waals surface area contributed by atoms with Crippen LogP contribution in [-0.2, 0) is 0 Å². The largest absolute Gasteiger partial charge is 0.475 e. The first-order valence-electron chi connectivity index (χ1n) is 6.49. The Morgan fingerprint density at radius 1 is 1.37 bits per heavy atom. The van der Waals surface area contributed by atoms with E-state index in [4.69, 9.17) is 15.7 Å². The van der Waals surface area contributed by atoms with E-state index in [1.807, 2.05) is 6.07 Å². The monoisotopic (exact) mass is 262 g/mol. The predicted molar refractivity (Wildman–Crippen MR) is 75.8 cm³/mol. The molecule has 0 bridgehead atoms. The number of rotatable bonds is 6. The van der Waals surface area contributed by atoms with Gasteiger partial charge in [-0.25, -0.2) is 4.98 Å². The number of ether oxygens (including phenoxy) is 1. The zero-order chi connectivity index (χ0) is 14.4. The lowest BCUT2D eigenvalue weighted by atomic mass is 10.2. The number of pyridine rings is 1. The van der Waals surface area contributed by atoms with Crippen LogP contribution in [0.4, 0.5) is 5.69 Å². The van der Waals surface area contributed by atoms with Crippen LogP contribution in [0.25, 0.3) is 0 Å². The van der Waals surface area contributed by atoms with Crippen molar-refractivity contribution >= 4 is 5.69 Å². The fourth-order valence-corrected chi connectivity index (χ4v) is 2.02. The molecule has 0 fully saturated rings. The Labute approximate surface area is 115 Å². The van der Waals surface area contributed by atoms with Crippen LogP contribution in [0.5, 0.6) is 5.88 Å². The topological polar surface area (TPSA) is 75.2 Å². The zero-order valence-electron chi connectivity index (χ0n) is 12.1. The van der Waals surface area contributed by atoms with Gasteiger partial charge in [0.15, 0.2) is 0 Å². The molecule has 1 heterocycles. The van der Waals surface area contributed by atoms with Gasteiger partial charge in [-0.3, -0.25) is 4.90 Å². The van der Waals surface area contributed by atoms with Gasteiger partial charge in [0.25, 0.3) is 0 Å². The molecule has 5 heteroatoms. The average Bonchev–Trinajstić information content (AvgIpc) is 2.34. The third-order valence-corrected chi connectivity index (χ3v) is 2.91. The van der Waals surface area contributed by atoms with Gasteiger partial charge in [-0.15, -0.1) is 0 Å². The molecular weight excluding hydrogens is 240 g/mol. The van der Waals surface area contributed by atoms with E-state index >= 15 is 0 Å². The van der Waals surface area contributed by atoms with Crippen molar-refractivity contribution in [2.24, 2.45) is 0 Å². The van der Waals surface area contributed by atoms with Crippen LogP contribution in [0, 0.1) is 11.3 Å². The second-order valence-electron chi connectivity index (χ2n) is 5.01. The van der Waals surface area contributed by atoms with E-state index in [0.29, 0.717) is 35.8 Å². The third kappa shape index (κ3) is 4.42. The maximum atomic E-state index is 8.99. The summed E-state index contributed by atoms with van der Waals surface area (Å²) in [5, 5.41) is 8.99. The molecule has 104 valence electrons. The average molecular weight is 262 g/mol. The summed E-state index contributed by atoms with van der Waals surface area (Å²) in [6, 6.07) is 4.53. The molecule has 1 rings (SSSR count). The van der Waals surface area contributed by atoms with E-state index in [0.717, 1.165) is 6.54 Å². The van der Waals surface area contributed by atoms with Crippen LogP contribution in [0.2, 0.25) is 0 Å². The van der Waals surface area contributed by atoms with E-state index < -0.39 is 0 Å². The number of nitrogens with two attached hydrogens (primary N) is 1. The molecule has 0 saturated carbocycles. The quantitative estimate of drug-likeness (QED) is 0.849. The van der Waals surface area contributed by atoms with E-state index in [1.165, 1.54) is 6.20 Å². The maximum Gasteiger partial charge on any atom is 0.231 e. The molecule has 0 atom stereocenters. The summed E-state index contributed by atoms with van der Waals surface area (Å²) in [5.41, 5.74) is 6.43. The lowest BCUT2D eigenvalue weighted by Crippen LogP contribution is -2.39. The Balaban J connectivity index is 2.60. The summed E-state index contributed by atoms with van der Waals surface area (Å²) in [6.07, 6.45) is 1.50. The fourth-order valence-electron chi connectivity index (χ4n) is 2.02.